The molecule has 0 saturated heterocycles. The molecule has 1 amide bonds. The smallest absolute Gasteiger partial charge is 0.340 e. The summed E-state index contributed by atoms with van der Waals surface area (Å²) in [6, 6.07) is 11.5. The minimum atomic E-state index is -3.91. The summed E-state index contributed by atoms with van der Waals surface area (Å²) in [5.74, 6) is -1.29. The van der Waals surface area contributed by atoms with E-state index in [0.29, 0.717) is 6.54 Å². The molecule has 1 N–H and O–H groups in total. The fourth-order valence-electron chi connectivity index (χ4n) is 3.00. The number of ether oxygens (including phenoxy) is 1. The average Bonchev–Trinajstić information content (AvgIpc) is 3.53. The zero-order valence-electron chi connectivity index (χ0n) is 17.7. The lowest BCUT2D eigenvalue weighted by Crippen LogP contribution is -2.39. The molecule has 172 valence electrons. The van der Waals surface area contributed by atoms with Crippen molar-refractivity contribution in [1.82, 2.24) is 9.62 Å². The Balaban J connectivity index is 1.72. The molecule has 1 fully saturated rings. The summed E-state index contributed by atoms with van der Waals surface area (Å²) >= 11 is 12.2. The van der Waals surface area contributed by atoms with Gasteiger partial charge >= 0.3 is 5.97 Å². The molecule has 0 radical (unpaired) electrons. The molecular formula is C22H24Cl2N2O5S. The maximum atomic E-state index is 12.7. The molecule has 2 aromatic carbocycles. The van der Waals surface area contributed by atoms with Crippen LogP contribution < -0.4 is 4.72 Å². The van der Waals surface area contributed by atoms with Crippen molar-refractivity contribution in [1.29, 1.82) is 0 Å². The highest BCUT2D eigenvalue weighted by Gasteiger charge is 2.31. The number of hydrogen-bond donors (Lipinski definition) is 1. The Hall–Kier alpha value is -2.13. The number of benzene rings is 2. The minimum Gasteiger partial charge on any atom is -0.452 e. The van der Waals surface area contributed by atoms with Crippen LogP contribution in [0.1, 0.15) is 42.6 Å². The molecule has 0 atom stereocenters. The lowest BCUT2D eigenvalue weighted by Gasteiger charge is -2.26. The van der Waals surface area contributed by atoms with Crippen LogP contribution in [0.25, 0.3) is 0 Å². The Morgan fingerprint density at radius 3 is 2.38 bits per heavy atom. The van der Waals surface area contributed by atoms with Crippen LogP contribution >= 0.6 is 23.2 Å². The number of carbonyl (C=O) groups excluding carboxylic acids is 2. The average molecular weight is 499 g/mol. The first-order valence-corrected chi connectivity index (χ1v) is 12.3. The molecule has 1 aliphatic rings. The molecule has 0 heterocycles. The summed E-state index contributed by atoms with van der Waals surface area (Å²) in [7, 11) is -3.91. The Bertz CT molecular complexity index is 1100. The first-order chi connectivity index (χ1) is 15.1. The largest absolute Gasteiger partial charge is 0.452 e. The van der Waals surface area contributed by atoms with E-state index >= 15 is 0 Å². The second-order valence-corrected chi connectivity index (χ2v) is 10.3. The summed E-state index contributed by atoms with van der Waals surface area (Å²) in [5.41, 5.74) is 0.763. The molecule has 1 aliphatic carbocycles. The molecule has 2 aromatic rings. The van der Waals surface area contributed by atoms with Crippen LogP contribution in [0.3, 0.4) is 0 Å². The maximum Gasteiger partial charge on any atom is 0.340 e. The van der Waals surface area contributed by atoms with Gasteiger partial charge in [0.1, 0.15) is 4.90 Å². The number of amides is 1. The molecule has 0 aliphatic heterocycles. The second-order valence-electron chi connectivity index (χ2n) is 7.84. The molecule has 0 unspecified atom stereocenters. The lowest BCUT2D eigenvalue weighted by atomic mass is 10.2. The van der Waals surface area contributed by atoms with Crippen molar-refractivity contribution in [2.24, 2.45) is 0 Å². The Morgan fingerprint density at radius 2 is 1.78 bits per heavy atom. The van der Waals surface area contributed by atoms with Crippen molar-refractivity contribution in [3.05, 3.63) is 63.6 Å². The maximum absolute atomic E-state index is 12.7. The van der Waals surface area contributed by atoms with Crippen LogP contribution in [-0.2, 0) is 26.1 Å². The number of sulfonamides is 1. The summed E-state index contributed by atoms with van der Waals surface area (Å²) < 4.78 is 32.8. The van der Waals surface area contributed by atoms with Gasteiger partial charge in [-0.05, 0) is 44.4 Å². The third-order valence-electron chi connectivity index (χ3n) is 4.90. The molecule has 3 rings (SSSR count). The fourth-order valence-corrected chi connectivity index (χ4v) is 5.16. The quantitative estimate of drug-likeness (QED) is 0.526. The van der Waals surface area contributed by atoms with Crippen LogP contribution in [0.2, 0.25) is 10.0 Å². The summed E-state index contributed by atoms with van der Waals surface area (Å²) in [4.78, 5) is 26.6. The van der Waals surface area contributed by atoms with Crippen molar-refractivity contribution in [3.63, 3.8) is 0 Å². The van der Waals surface area contributed by atoms with Gasteiger partial charge in [0.15, 0.2) is 6.61 Å². The van der Waals surface area contributed by atoms with E-state index in [9.17, 15) is 18.0 Å². The van der Waals surface area contributed by atoms with Gasteiger partial charge in [-0.1, -0.05) is 53.5 Å². The highest BCUT2D eigenvalue weighted by Crippen LogP contribution is 2.31. The van der Waals surface area contributed by atoms with Gasteiger partial charge in [-0.15, -0.1) is 0 Å². The highest BCUT2D eigenvalue weighted by atomic mass is 35.5. The predicted molar refractivity (Wildman–Crippen MR) is 122 cm³/mol. The number of nitrogens with zero attached hydrogens (tertiary/aromatic N) is 1. The van der Waals surface area contributed by atoms with E-state index in [1.807, 2.05) is 44.2 Å². The zero-order chi connectivity index (χ0) is 23.5. The Labute approximate surface area is 197 Å². The molecule has 0 bridgehead atoms. The van der Waals surface area contributed by atoms with E-state index in [-0.39, 0.29) is 38.5 Å². The summed E-state index contributed by atoms with van der Waals surface area (Å²) in [6.07, 6.45) is 1.49. The normalized spacial score (nSPS) is 13.8. The molecule has 32 heavy (non-hydrogen) atoms. The van der Waals surface area contributed by atoms with E-state index in [1.54, 1.807) is 4.90 Å². The summed E-state index contributed by atoms with van der Waals surface area (Å²) in [5, 5.41) is -0.174. The monoisotopic (exact) mass is 498 g/mol. The van der Waals surface area contributed by atoms with Gasteiger partial charge in [0.05, 0.1) is 15.6 Å². The van der Waals surface area contributed by atoms with Crippen LogP contribution in [0.4, 0.5) is 0 Å². The number of nitrogens with one attached hydrogen (secondary N) is 1. The first kappa shape index (κ1) is 24.5. The number of esters is 1. The first-order valence-electron chi connectivity index (χ1n) is 10.1. The third-order valence-corrected chi connectivity index (χ3v) is 7.19. The third kappa shape index (κ3) is 6.22. The number of carbonyl (C=O) groups is 2. The van der Waals surface area contributed by atoms with Crippen molar-refractivity contribution in [2.45, 2.75) is 50.2 Å². The molecule has 1 saturated carbocycles. The van der Waals surface area contributed by atoms with Crippen molar-refractivity contribution < 1.29 is 22.7 Å². The molecule has 0 spiro atoms. The van der Waals surface area contributed by atoms with Gasteiger partial charge in [-0.3, -0.25) is 4.79 Å². The lowest BCUT2D eigenvalue weighted by molar-refractivity contribution is -0.136. The molecule has 0 aromatic heterocycles. The van der Waals surface area contributed by atoms with Crippen molar-refractivity contribution in [3.8, 4) is 0 Å². The van der Waals surface area contributed by atoms with Gasteiger partial charge in [0.25, 0.3) is 5.91 Å². The van der Waals surface area contributed by atoms with E-state index in [4.69, 9.17) is 27.9 Å². The van der Waals surface area contributed by atoms with E-state index in [2.05, 4.69) is 4.72 Å². The predicted octanol–water partition coefficient (Wildman–Crippen LogP) is 4.03. The van der Waals surface area contributed by atoms with E-state index in [1.165, 1.54) is 6.07 Å². The van der Waals surface area contributed by atoms with Crippen LogP contribution in [0, 0.1) is 0 Å². The Morgan fingerprint density at radius 1 is 1.12 bits per heavy atom. The van der Waals surface area contributed by atoms with E-state index in [0.717, 1.165) is 24.5 Å². The molecule has 7 nitrogen and oxygen atoms in total. The van der Waals surface area contributed by atoms with Gasteiger partial charge in [-0.2, -0.15) is 0 Å². The zero-order valence-corrected chi connectivity index (χ0v) is 20.0. The standard InChI is InChI=1S/C22H24Cl2N2O5S/c1-14(2)26(12-15-6-4-3-5-7-15)21(27)13-31-22(28)17-10-20(19(24)11-18(17)23)32(29,30)25-16-8-9-16/h3-7,10-11,14,16,25H,8-9,12-13H2,1-2H3. The van der Waals surface area contributed by atoms with Crippen molar-refractivity contribution >= 4 is 45.1 Å². The summed E-state index contributed by atoms with van der Waals surface area (Å²) in [6.45, 7) is 3.59. The van der Waals surface area contributed by atoms with Gasteiger partial charge < -0.3 is 9.64 Å². The van der Waals surface area contributed by atoms with Gasteiger partial charge in [0, 0.05) is 18.6 Å². The number of rotatable bonds is 9. The Kier molecular flexibility index (Phi) is 7.82. The van der Waals surface area contributed by atoms with E-state index < -0.39 is 22.6 Å². The van der Waals surface area contributed by atoms with Crippen LogP contribution in [-0.4, -0.2) is 43.9 Å². The number of hydrogen-bond acceptors (Lipinski definition) is 5. The molecule has 10 heteroatoms. The van der Waals surface area contributed by atoms with Crippen LogP contribution in [0.5, 0.6) is 0 Å². The second kappa shape index (κ2) is 10.2. The molecular weight excluding hydrogens is 475 g/mol. The topological polar surface area (TPSA) is 92.8 Å². The SMILES string of the molecule is CC(C)N(Cc1ccccc1)C(=O)COC(=O)c1cc(S(=O)(=O)NC2CC2)c(Cl)cc1Cl. The van der Waals surface area contributed by atoms with Gasteiger partial charge in [-0.25, -0.2) is 17.9 Å². The van der Waals surface area contributed by atoms with Crippen molar-refractivity contribution in [2.75, 3.05) is 6.61 Å². The highest BCUT2D eigenvalue weighted by molar-refractivity contribution is 7.89. The van der Waals surface area contributed by atoms with Gasteiger partial charge in [0.2, 0.25) is 10.0 Å². The fraction of sp³-hybridized carbons (Fsp3) is 0.364. The number of halogens is 2. The minimum absolute atomic E-state index is 0.0668. The van der Waals surface area contributed by atoms with Crippen LogP contribution in [0.15, 0.2) is 47.4 Å².